The molecule has 72 valence electrons. The normalized spacial score (nSPS) is 12.7. The predicted molar refractivity (Wildman–Crippen MR) is 53.3 cm³/mol. The Bertz CT molecular complexity index is 315. The first kappa shape index (κ1) is 10.5. The van der Waals surface area contributed by atoms with Crippen molar-refractivity contribution in [3.63, 3.8) is 0 Å². The molecule has 1 unspecified atom stereocenters. The second-order valence-electron chi connectivity index (χ2n) is 2.79. The highest BCUT2D eigenvalue weighted by molar-refractivity contribution is 9.10. The molecule has 1 atom stereocenters. The third kappa shape index (κ3) is 2.19. The first-order chi connectivity index (χ1) is 6.06. The zero-order valence-electron chi connectivity index (χ0n) is 7.47. The summed E-state index contributed by atoms with van der Waals surface area (Å²) in [6.07, 6.45) is 0. The lowest BCUT2D eigenvalue weighted by atomic mass is 10.1. The van der Waals surface area contributed by atoms with Crippen LogP contribution in [-0.4, -0.2) is 7.11 Å². The van der Waals surface area contributed by atoms with E-state index < -0.39 is 0 Å². The van der Waals surface area contributed by atoms with Crippen molar-refractivity contribution >= 4 is 15.9 Å². The number of rotatable bonds is 2. The van der Waals surface area contributed by atoms with Crippen LogP contribution in [0.1, 0.15) is 18.5 Å². The number of halogens is 2. The van der Waals surface area contributed by atoms with Gasteiger partial charge in [-0.25, -0.2) is 4.39 Å². The summed E-state index contributed by atoms with van der Waals surface area (Å²) in [5.74, 6) is 0.128. The van der Waals surface area contributed by atoms with Crippen molar-refractivity contribution in [3.05, 3.63) is 28.0 Å². The number of hydrogen-bond donors (Lipinski definition) is 1. The Kier molecular flexibility index (Phi) is 3.27. The fourth-order valence-corrected chi connectivity index (χ4v) is 1.58. The summed E-state index contributed by atoms with van der Waals surface area (Å²) in [6.45, 7) is 1.72. The summed E-state index contributed by atoms with van der Waals surface area (Å²) in [4.78, 5) is 0. The third-order valence-electron chi connectivity index (χ3n) is 1.73. The number of methoxy groups -OCH3 is 1. The Balaban J connectivity index is 3.30. The SMILES string of the molecule is COc1cc(Br)cc(F)c1C(C)N. The van der Waals surface area contributed by atoms with E-state index in [1.165, 1.54) is 13.2 Å². The summed E-state index contributed by atoms with van der Waals surface area (Å²) in [5, 5.41) is 0. The molecule has 0 spiro atoms. The van der Waals surface area contributed by atoms with Crippen molar-refractivity contribution in [1.82, 2.24) is 0 Å². The standard InChI is InChI=1S/C9H11BrFNO/c1-5(12)9-7(11)3-6(10)4-8(9)13-2/h3-5H,12H2,1-2H3. The summed E-state index contributed by atoms with van der Waals surface area (Å²) in [7, 11) is 1.49. The molecule has 1 aromatic carbocycles. The minimum absolute atomic E-state index is 0.346. The van der Waals surface area contributed by atoms with Gasteiger partial charge in [0.2, 0.25) is 0 Å². The molecule has 0 radical (unpaired) electrons. The highest BCUT2D eigenvalue weighted by atomic mass is 79.9. The number of hydrogen-bond acceptors (Lipinski definition) is 2. The average molecular weight is 248 g/mol. The van der Waals surface area contributed by atoms with Crippen LogP contribution >= 0.6 is 15.9 Å². The summed E-state index contributed by atoms with van der Waals surface area (Å²) >= 11 is 3.18. The van der Waals surface area contributed by atoms with Gasteiger partial charge in [0.25, 0.3) is 0 Å². The zero-order chi connectivity index (χ0) is 10.0. The van der Waals surface area contributed by atoms with Crippen LogP contribution in [0.25, 0.3) is 0 Å². The first-order valence-electron chi connectivity index (χ1n) is 3.84. The first-order valence-corrected chi connectivity index (χ1v) is 4.64. The van der Waals surface area contributed by atoms with E-state index in [-0.39, 0.29) is 11.9 Å². The minimum Gasteiger partial charge on any atom is -0.496 e. The Labute approximate surface area is 85.0 Å². The number of ether oxygens (including phenoxy) is 1. The van der Waals surface area contributed by atoms with Crippen LogP contribution in [0.2, 0.25) is 0 Å². The Morgan fingerprint density at radius 2 is 2.15 bits per heavy atom. The minimum atomic E-state index is -0.372. The molecule has 0 fully saturated rings. The van der Waals surface area contributed by atoms with E-state index in [9.17, 15) is 4.39 Å². The topological polar surface area (TPSA) is 35.2 Å². The van der Waals surface area contributed by atoms with Crippen molar-refractivity contribution in [3.8, 4) is 5.75 Å². The van der Waals surface area contributed by atoms with Gasteiger partial charge in [-0.1, -0.05) is 15.9 Å². The lowest BCUT2D eigenvalue weighted by Crippen LogP contribution is -2.09. The van der Waals surface area contributed by atoms with E-state index in [0.717, 1.165) is 0 Å². The molecule has 2 nitrogen and oxygen atoms in total. The van der Waals surface area contributed by atoms with Gasteiger partial charge in [0.15, 0.2) is 0 Å². The predicted octanol–water partition coefficient (Wildman–Crippen LogP) is 2.62. The molecule has 0 bridgehead atoms. The molecule has 4 heteroatoms. The molecule has 0 heterocycles. The van der Waals surface area contributed by atoms with Crippen molar-refractivity contribution in [2.75, 3.05) is 7.11 Å². The molecule has 13 heavy (non-hydrogen) atoms. The van der Waals surface area contributed by atoms with Gasteiger partial charge in [0.1, 0.15) is 11.6 Å². The molecule has 2 N–H and O–H groups in total. The van der Waals surface area contributed by atoms with Crippen molar-refractivity contribution in [1.29, 1.82) is 0 Å². The maximum absolute atomic E-state index is 13.4. The van der Waals surface area contributed by atoms with Crippen LogP contribution in [0.5, 0.6) is 5.75 Å². The van der Waals surface area contributed by atoms with E-state index in [0.29, 0.717) is 15.8 Å². The number of benzene rings is 1. The van der Waals surface area contributed by atoms with Gasteiger partial charge < -0.3 is 10.5 Å². The highest BCUT2D eigenvalue weighted by Gasteiger charge is 2.14. The largest absolute Gasteiger partial charge is 0.496 e. The van der Waals surface area contributed by atoms with Gasteiger partial charge in [-0.2, -0.15) is 0 Å². The monoisotopic (exact) mass is 247 g/mol. The summed E-state index contributed by atoms with van der Waals surface area (Å²) in [5.41, 5.74) is 6.01. The van der Waals surface area contributed by atoms with Crippen molar-refractivity contribution in [2.45, 2.75) is 13.0 Å². The third-order valence-corrected chi connectivity index (χ3v) is 2.19. The van der Waals surface area contributed by atoms with Crippen LogP contribution in [0.15, 0.2) is 16.6 Å². The van der Waals surface area contributed by atoms with Crippen molar-refractivity contribution < 1.29 is 9.13 Å². The van der Waals surface area contributed by atoms with E-state index in [4.69, 9.17) is 10.5 Å². The van der Waals surface area contributed by atoms with Crippen LogP contribution in [0.4, 0.5) is 4.39 Å². The van der Waals surface area contributed by atoms with Gasteiger partial charge in [0.05, 0.1) is 7.11 Å². The van der Waals surface area contributed by atoms with Crippen LogP contribution in [-0.2, 0) is 0 Å². The molecule has 0 aromatic heterocycles. The summed E-state index contributed by atoms with van der Waals surface area (Å²) in [6, 6.07) is 2.70. The molecule has 0 aliphatic rings. The Hall–Kier alpha value is -0.610. The fraction of sp³-hybridized carbons (Fsp3) is 0.333. The molecule has 0 aliphatic heterocycles. The van der Waals surface area contributed by atoms with Gasteiger partial charge >= 0.3 is 0 Å². The highest BCUT2D eigenvalue weighted by Crippen LogP contribution is 2.30. The lowest BCUT2D eigenvalue weighted by molar-refractivity contribution is 0.400. The smallest absolute Gasteiger partial charge is 0.132 e. The van der Waals surface area contributed by atoms with Gasteiger partial charge in [0, 0.05) is 16.1 Å². The number of nitrogens with two attached hydrogens (primary N) is 1. The second-order valence-corrected chi connectivity index (χ2v) is 3.71. The van der Waals surface area contributed by atoms with E-state index >= 15 is 0 Å². The van der Waals surface area contributed by atoms with E-state index in [1.54, 1.807) is 13.0 Å². The van der Waals surface area contributed by atoms with Gasteiger partial charge in [-0.3, -0.25) is 0 Å². The molecule has 0 saturated heterocycles. The lowest BCUT2D eigenvalue weighted by Gasteiger charge is -2.12. The van der Waals surface area contributed by atoms with E-state index in [2.05, 4.69) is 15.9 Å². The second kappa shape index (κ2) is 4.07. The molecule has 0 aliphatic carbocycles. The van der Waals surface area contributed by atoms with Crippen LogP contribution in [0.3, 0.4) is 0 Å². The molecular formula is C9H11BrFNO. The fourth-order valence-electron chi connectivity index (χ4n) is 1.17. The quantitative estimate of drug-likeness (QED) is 0.873. The molecule has 1 aromatic rings. The summed E-state index contributed by atoms with van der Waals surface area (Å²) < 4.78 is 19.0. The van der Waals surface area contributed by atoms with Gasteiger partial charge in [-0.05, 0) is 19.1 Å². The molecule has 0 saturated carbocycles. The van der Waals surface area contributed by atoms with E-state index in [1.807, 2.05) is 0 Å². The molecular weight excluding hydrogens is 237 g/mol. The Morgan fingerprint density at radius 1 is 1.54 bits per heavy atom. The maximum atomic E-state index is 13.4. The van der Waals surface area contributed by atoms with Gasteiger partial charge in [-0.15, -0.1) is 0 Å². The Morgan fingerprint density at radius 3 is 2.62 bits per heavy atom. The van der Waals surface area contributed by atoms with Crippen LogP contribution in [0, 0.1) is 5.82 Å². The zero-order valence-corrected chi connectivity index (χ0v) is 9.06. The molecule has 0 amide bonds. The average Bonchev–Trinajstić information content (AvgIpc) is 2.01. The maximum Gasteiger partial charge on any atom is 0.132 e. The molecule has 1 rings (SSSR count). The van der Waals surface area contributed by atoms with Crippen molar-refractivity contribution in [2.24, 2.45) is 5.73 Å². The van der Waals surface area contributed by atoms with Crippen LogP contribution < -0.4 is 10.5 Å².